The van der Waals surface area contributed by atoms with E-state index < -0.39 is 17.0 Å². The van der Waals surface area contributed by atoms with Gasteiger partial charge in [0.1, 0.15) is 28.6 Å². The van der Waals surface area contributed by atoms with Gasteiger partial charge in [-0.05, 0) is 49.3 Å². The maximum atomic E-state index is 13.0. The molecule has 0 fully saturated rings. The fourth-order valence-electron chi connectivity index (χ4n) is 2.68. The number of allylic oxidation sites excluding steroid dienone is 1. The number of unbranched alkanes of at least 4 members (excludes halogenated alkanes) is 1. The van der Waals surface area contributed by atoms with Gasteiger partial charge in [-0.2, -0.15) is 0 Å². The first kappa shape index (κ1) is 21.4. The van der Waals surface area contributed by atoms with Crippen molar-refractivity contribution in [2.75, 3.05) is 0 Å². The number of hydrogen-bond acceptors (Lipinski definition) is 7. The lowest BCUT2D eigenvalue weighted by Crippen LogP contribution is -2.16. The van der Waals surface area contributed by atoms with Crippen molar-refractivity contribution in [1.29, 1.82) is 0 Å². The second kappa shape index (κ2) is 9.49. The molecule has 30 heavy (non-hydrogen) atoms. The standard InChI is InChI=1S/C22H20FNO5S/c1-3-4-5-16-11-18(25)19(21(27)28-16)20(26)13(2)10-17-12-24-22(30-17)29-15-8-6-14(23)7-9-15/h6-12,25H,3-5H2,1-2H3/b13-10+. The normalized spacial score (nSPS) is 11.5. The zero-order valence-electron chi connectivity index (χ0n) is 16.5. The minimum Gasteiger partial charge on any atom is -0.507 e. The first-order valence-electron chi connectivity index (χ1n) is 9.35. The number of Topliss-reactive ketones (excluding diaryl/α,β-unsaturated/α-hetero) is 1. The van der Waals surface area contributed by atoms with Gasteiger partial charge in [0, 0.05) is 18.7 Å². The molecular formula is C22H20FNO5S. The van der Waals surface area contributed by atoms with Gasteiger partial charge in [-0.1, -0.05) is 24.7 Å². The molecule has 0 aliphatic rings. The quantitative estimate of drug-likeness (QED) is 0.383. The SMILES string of the molecule is CCCCc1cc(O)c(C(=O)/C(C)=C/c2cnc(Oc3ccc(F)cc3)s2)c(=O)o1. The number of hydrogen-bond donors (Lipinski definition) is 1. The van der Waals surface area contributed by atoms with Gasteiger partial charge in [-0.15, -0.1) is 0 Å². The molecule has 0 spiro atoms. The van der Waals surface area contributed by atoms with Crippen LogP contribution in [-0.2, 0) is 6.42 Å². The molecule has 2 aromatic heterocycles. The number of carbonyl (C=O) groups is 1. The molecule has 8 heteroatoms. The highest BCUT2D eigenvalue weighted by Gasteiger charge is 2.20. The Morgan fingerprint density at radius 3 is 2.73 bits per heavy atom. The van der Waals surface area contributed by atoms with Crippen molar-refractivity contribution < 1.29 is 23.4 Å². The number of aromatic hydroxyl groups is 1. The van der Waals surface area contributed by atoms with E-state index in [2.05, 4.69) is 4.98 Å². The number of nitrogens with zero attached hydrogens (tertiary/aromatic N) is 1. The van der Waals surface area contributed by atoms with E-state index >= 15 is 0 Å². The number of aromatic nitrogens is 1. The number of halogens is 1. The lowest BCUT2D eigenvalue weighted by atomic mass is 10.0. The van der Waals surface area contributed by atoms with Gasteiger partial charge in [-0.25, -0.2) is 14.2 Å². The van der Waals surface area contributed by atoms with Gasteiger partial charge < -0.3 is 14.3 Å². The van der Waals surface area contributed by atoms with Crippen molar-refractivity contribution in [1.82, 2.24) is 4.98 Å². The van der Waals surface area contributed by atoms with Crippen molar-refractivity contribution in [2.45, 2.75) is 33.1 Å². The monoisotopic (exact) mass is 429 g/mol. The number of carbonyl (C=O) groups excluding carboxylic acids is 1. The Bertz CT molecular complexity index is 1130. The first-order chi connectivity index (χ1) is 14.4. The lowest BCUT2D eigenvalue weighted by molar-refractivity contribution is 0.102. The molecule has 3 aromatic rings. The van der Waals surface area contributed by atoms with E-state index in [4.69, 9.17) is 9.15 Å². The number of ketones is 1. The Kier molecular flexibility index (Phi) is 6.79. The number of ether oxygens (including phenoxy) is 1. The third-order valence-corrected chi connectivity index (χ3v) is 5.05. The predicted molar refractivity (Wildman–Crippen MR) is 112 cm³/mol. The smallest absolute Gasteiger partial charge is 0.351 e. The van der Waals surface area contributed by atoms with E-state index in [1.165, 1.54) is 54.8 Å². The average molecular weight is 429 g/mol. The highest BCUT2D eigenvalue weighted by atomic mass is 32.1. The van der Waals surface area contributed by atoms with Crippen LogP contribution in [0.2, 0.25) is 0 Å². The molecule has 2 heterocycles. The molecule has 1 aromatic carbocycles. The largest absolute Gasteiger partial charge is 0.507 e. The zero-order chi connectivity index (χ0) is 21.7. The summed E-state index contributed by atoms with van der Waals surface area (Å²) in [4.78, 5) is 29.6. The van der Waals surface area contributed by atoms with Crippen LogP contribution >= 0.6 is 11.3 Å². The number of rotatable bonds is 8. The summed E-state index contributed by atoms with van der Waals surface area (Å²) in [5.74, 6) is -0.606. The molecule has 0 saturated carbocycles. The van der Waals surface area contributed by atoms with E-state index in [-0.39, 0.29) is 17.1 Å². The van der Waals surface area contributed by atoms with Crippen LogP contribution in [0, 0.1) is 5.82 Å². The number of aryl methyl sites for hydroxylation is 1. The average Bonchev–Trinajstić information content (AvgIpc) is 3.14. The van der Waals surface area contributed by atoms with E-state index in [0.29, 0.717) is 28.0 Å². The van der Waals surface area contributed by atoms with E-state index in [1.807, 2.05) is 6.92 Å². The van der Waals surface area contributed by atoms with Crippen molar-refractivity contribution >= 4 is 23.2 Å². The van der Waals surface area contributed by atoms with Gasteiger partial charge in [-0.3, -0.25) is 4.79 Å². The number of benzene rings is 1. The van der Waals surface area contributed by atoms with E-state index in [0.717, 1.165) is 12.8 Å². The summed E-state index contributed by atoms with van der Waals surface area (Å²) < 4.78 is 23.7. The van der Waals surface area contributed by atoms with Gasteiger partial charge >= 0.3 is 5.63 Å². The molecular weight excluding hydrogens is 409 g/mol. The summed E-state index contributed by atoms with van der Waals surface area (Å²) >= 11 is 1.17. The molecule has 0 unspecified atom stereocenters. The molecule has 156 valence electrons. The van der Waals surface area contributed by atoms with Crippen LogP contribution in [-0.4, -0.2) is 15.9 Å². The fourth-order valence-corrected chi connectivity index (χ4v) is 3.46. The predicted octanol–water partition coefficient (Wildman–Crippen LogP) is 5.36. The molecule has 0 atom stereocenters. The van der Waals surface area contributed by atoms with Crippen molar-refractivity contribution in [2.24, 2.45) is 0 Å². The Balaban J connectivity index is 1.77. The summed E-state index contributed by atoms with van der Waals surface area (Å²) in [6.45, 7) is 3.53. The first-order valence-corrected chi connectivity index (χ1v) is 10.2. The Hall–Kier alpha value is -3.26. The molecule has 6 nitrogen and oxygen atoms in total. The maximum absolute atomic E-state index is 13.0. The highest BCUT2D eigenvalue weighted by molar-refractivity contribution is 7.14. The molecule has 3 rings (SSSR count). The molecule has 0 radical (unpaired) electrons. The minimum absolute atomic E-state index is 0.232. The molecule has 0 aliphatic heterocycles. The minimum atomic E-state index is -0.858. The second-order valence-electron chi connectivity index (χ2n) is 6.60. The zero-order valence-corrected chi connectivity index (χ0v) is 17.3. The summed E-state index contributed by atoms with van der Waals surface area (Å²) in [6, 6.07) is 6.83. The second-order valence-corrected chi connectivity index (χ2v) is 7.63. The van der Waals surface area contributed by atoms with Gasteiger partial charge in [0.05, 0.1) is 4.88 Å². The van der Waals surface area contributed by atoms with Crippen LogP contribution in [0.5, 0.6) is 16.7 Å². The third kappa shape index (κ3) is 5.21. The molecule has 0 aliphatic carbocycles. The lowest BCUT2D eigenvalue weighted by Gasteiger charge is -2.05. The van der Waals surface area contributed by atoms with Crippen LogP contribution in [0.1, 0.15) is 47.7 Å². The third-order valence-electron chi connectivity index (χ3n) is 4.22. The summed E-state index contributed by atoms with van der Waals surface area (Å²) in [5, 5.41) is 10.5. The van der Waals surface area contributed by atoms with E-state index in [1.54, 1.807) is 6.08 Å². The molecule has 0 amide bonds. The fraction of sp³-hybridized carbons (Fsp3) is 0.227. The summed E-state index contributed by atoms with van der Waals surface area (Å²) in [6.07, 6.45) is 5.29. The Morgan fingerprint density at radius 1 is 1.33 bits per heavy atom. The van der Waals surface area contributed by atoms with Crippen LogP contribution in [0.4, 0.5) is 4.39 Å². The molecule has 0 bridgehead atoms. The van der Waals surface area contributed by atoms with Gasteiger partial charge in [0.2, 0.25) is 0 Å². The Morgan fingerprint density at radius 2 is 2.07 bits per heavy atom. The van der Waals surface area contributed by atoms with Crippen LogP contribution in [0.3, 0.4) is 0 Å². The van der Waals surface area contributed by atoms with Crippen molar-refractivity contribution in [3.63, 3.8) is 0 Å². The van der Waals surface area contributed by atoms with Crippen molar-refractivity contribution in [3.05, 3.63) is 74.5 Å². The van der Waals surface area contributed by atoms with Crippen LogP contribution in [0.25, 0.3) is 6.08 Å². The summed E-state index contributed by atoms with van der Waals surface area (Å²) in [5.41, 5.74) is -1.02. The van der Waals surface area contributed by atoms with Crippen LogP contribution in [0.15, 0.2) is 51.3 Å². The maximum Gasteiger partial charge on any atom is 0.351 e. The van der Waals surface area contributed by atoms with E-state index in [9.17, 15) is 19.1 Å². The van der Waals surface area contributed by atoms with Crippen molar-refractivity contribution in [3.8, 4) is 16.7 Å². The number of thiazole rings is 1. The highest BCUT2D eigenvalue weighted by Crippen LogP contribution is 2.28. The van der Waals surface area contributed by atoms with Crippen LogP contribution < -0.4 is 10.4 Å². The Labute approximate surface area is 176 Å². The topological polar surface area (TPSA) is 89.6 Å². The summed E-state index contributed by atoms with van der Waals surface area (Å²) in [7, 11) is 0. The van der Waals surface area contributed by atoms with Gasteiger partial charge in [0.25, 0.3) is 5.19 Å². The molecule has 0 saturated heterocycles. The van der Waals surface area contributed by atoms with Gasteiger partial charge in [0.15, 0.2) is 5.78 Å². The molecule has 1 N–H and O–H groups in total.